The van der Waals surface area contributed by atoms with Gasteiger partial charge in [-0.25, -0.2) is 0 Å². The molecule has 8 amide bonds. The van der Waals surface area contributed by atoms with E-state index >= 15 is 38.4 Å². The molecule has 4 atom stereocenters. The first-order valence-electron chi connectivity index (χ1n) is 39.9. The molecule has 4 unspecified atom stereocenters. The van der Waals surface area contributed by atoms with E-state index in [-0.39, 0.29) is 30.1 Å². The summed E-state index contributed by atoms with van der Waals surface area (Å²) in [5, 5.41) is 25.3. The van der Waals surface area contributed by atoms with Gasteiger partial charge in [0.05, 0.1) is 0 Å². The molecule has 0 fully saturated rings. The summed E-state index contributed by atoms with van der Waals surface area (Å²) < 4.78 is 0. The lowest BCUT2D eigenvalue weighted by molar-refractivity contribution is -0.119. The second kappa shape index (κ2) is 33.6. The first-order chi connectivity index (χ1) is 55.9. The molecule has 16 nitrogen and oxygen atoms in total. The van der Waals surface area contributed by atoms with Gasteiger partial charge < -0.3 is 42.5 Å². The molecule has 0 aromatic heterocycles. The van der Waals surface area contributed by atoms with Crippen molar-refractivity contribution in [3.05, 3.63) is 299 Å². The molecule has 18 rings (SSSR count). The molecule has 6 heterocycles. The number of hydrogen-bond donors (Lipinski definition) is 8. The van der Waals surface area contributed by atoms with E-state index in [1.807, 2.05) is 213 Å². The average molecular weight is 1530 g/mol. The zero-order valence-electron chi connectivity index (χ0n) is 66.2. The fourth-order valence-corrected chi connectivity index (χ4v) is 15.7. The van der Waals surface area contributed by atoms with Gasteiger partial charge in [0, 0.05) is 62.6 Å². The van der Waals surface area contributed by atoms with Gasteiger partial charge in [0.25, 0.3) is 23.6 Å². The van der Waals surface area contributed by atoms with Crippen LogP contribution in [0.4, 0.5) is 22.7 Å². The van der Waals surface area contributed by atoms with Crippen LogP contribution in [-0.2, 0) is 19.2 Å². The maximum Gasteiger partial charge on any atom is 0.251 e. The third kappa shape index (κ3) is 18.1. The van der Waals surface area contributed by atoms with Crippen molar-refractivity contribution in [1.82, 2.24) is 21.3 Å². The Balaban J connectivity index is 1.03. The minimum absolute atomic E-state index is 0.0135. The van der Waals surface area contributed by atoms with Crippen molar-refractivity contribution in [2.45, 2.75) is 112 Å². The number of amides is 8. The molecule has 11 aromatic carbocycles. The summed E-state index contributed by atoms with van der Waals surface area (Å²) in [6, 6.07) is 73.8. The fourth-order valence-electron chi connectivity index (χ4n) is 15.7. The van der Waals surface area contributed by atoms with Crippen LogP contribution in [0.3, 0.4) is 0 Å². The van der Waals surface area contributed by atoms with Gasteiger partial charge >= 0.3 is 0 Å². The second-order valence-electron chi connectivity index (χ2n) is 32.5. The molecule has 0 spiro atoms. The summed E-state index contributed by atoms with van der Waals surface area (Å²) in [4.78, 5) is 120. The molecular weight excluding hydrogens is 1440 g/mol. The topological polar surface area (TPSA) is 233 Å². The van der Waals surface area contributed by atoms with Crippen molar-refractivity contribution in [2.24, 2.45) is 23.7 Å². The van der Waals surface area contributed by atoms with Gasteiger partial charge in [0.1, 0.15) is 24.2 Å². The molecule has 580 valence electrons. The third-order valence-corrected chi connectivity index (χ3v) is 21.5. The Labute approximate surface area is 676 Å². The predicted molar refractivity (Wildman–Crippen MR) is 464 cm³/mol. The van der Waals surface area contributed by atoms with Gasteiger partial charge in [-0.3, -0.25) is 38.4 Å². The zero-order chi connectivity index (χ0) is 81.0. The lowest BCUT2D eigenvalue weighted by Crippen LogP contribution is -2.44. The van der Waals surface area contributed by atoms with Crippen LogP contribution < -0.4 is 42.5 Å². The van der Waals surface area contributed by atoms with E-state index in [4.69, 9.17) is 0 Å². The minimum atomic E-state index is -0.973. The molecule has 116 heavy (non-hydrogen) atoms. The molecule has 0 saturated heterocycles. The molecule has 0 radical (unpaired) electrons. The summed E-state index contributed by atoms with van der Waals surface area (Å²) in [5.41, 5.74) is 21.1. The van der Waals surface area contributed by atoms with Crippen LogP contribution in [0.1, 0.15) is 146 Å². The Bertz CT molecular complexity index is 5720. The molecule has 1 aliphatic carbocycles. The van der Waals surface area contributed by atoms with E-state index < -0.39 is 71.4 Å². The van der Waals surface area contributed by atoms with Crippen molar-refractivity contribution in [3.63, 3.8) is 0 Å². The highest BCUT2D eigenvalue weighted by Gasteiger charge is 2.30. The summed E-state index contributed by atoms with van der Waals surface area (Å²) in [7, 11) is 0. The summed E-state index contributed by atoms with van der Waals surface area (Å²) >= 11 is 0. The Kier molecular flexibility index (Phi) is 22.5. The molecule has 7 aliphatic rings. The summed E-state index contributed by atoms with van der Waals surface area (Å²) in [6.07, 6.45) is 3.54. The van der Waals surface area contributed by atoms with E-state index in [9.17, 15) is 0 Å². The number of rotatable bonds is 8. The van der Waals surface area contributed by atoms with E-state index in [0.717, 1.165) is 61.2 Å². The van der Waals surface area contributed by atoms with E-state index in [2.05, 4.69) is 84.7 Å². The highest BCUT2D eigenvalue weighted by molar-refractivity contribution is 6.07. The Morgan fingerprint density at radius 3 is 0.767 bits per heavy atom. The molecule has 8 N–H and O–H groups in total. The first-order valence-corrected chi connectivity index (χ1v) is 39.9. The Hall–Kier alpha value is -13.6. The van der Waals surface area contributed by atoms with Crippen molar-refractivity contribution in [1.29, 1.82) is 0 Å². The van der Waals surface area contributed by atoms with Crippen LogP contribution in [0.25, 0.3) is 94.6 Å². The van der Waals surface area contributed by atoms with Gasteiger partial charge in [0.15, 0.2) is 0 Å². The Morgan fingerprint density at radius 1 is 0.259 bits per heavy atom. The van der Waals surface area contributed by atoms with Crippen LogP contribution in [0, 0.1) is 23.7 Å². The SMILES string of the molecule is CC(C)CC1NC(=O)c2cccc(c2)C2=C=C3C=C(C2)c2cccc(c2)C(=O)NC(CC(C)C)C(=O)Nc2cccc(c2)-c2cc(cc(c2)-c2cc4cc(c2)-c2cccc(c2)NC(=O)C(CC(C)C)NC(=O)c2cccc(c2)-c2cc3cc(c2)-c2cccc(c2)C(=O)NC(CC(C)C)C(=O)Nc2cccc-4c2)-c2cccc(c2)NC1=O. The maximum absolute atomic E-state index is 15.1. The normalized spacial score (nSPS) is 17.1. The van der Waals surface area contributed by atoms with E-state index in [1.54, 1.807) is 60.7 Å². The summed E-state index contributed by atoms with van der Waals surface area (Å²) in [5.74, 6) is -3.56. The molecular formula is C100H92N8O8. The van der Waals surface area contributed by atoms with Crippen LogP contribution in [0.2, 0.25) is 0 Å². The largest absolute Gasteiger partial charge is 0.340 e. The number of allylic oxidation sites excluding steroid dienone is 3. The van der Waals surface area contributed by atoms with E-state index in [0.29, 0.717) is 121 Å². The van der Waals surface area contributed by atoms with Gasteiger partial charge in [-0.05, 0) is 307 Å². The quantitative estimate of drug-likeness (QED) is 0.0680. The number of carbonyl (C=O) groups is 8. The average Bonchev–Trinajstić information content (AvgIpc) is 0.780. The number of hydrogen-bond acceptors (Lipinski definition) is 8. The maximum atomic E-state index is 15.1. The van der Waals surface area contributed by atoms with E-state index in [1.165, 1.54) is 0 Å². The van der Waals surface area contributed by atoms with Crippen LogP contribution >= 0.6 is 0 Å². The number of benzene rings is 11. The van der Waals surface area contributed by atoms with Gasteiger partial charge in [-0.2, -0.15) is 0 Å². The van der Waals surface area contributed by atoms with Crippen LogP contribution in [-0.4, -0.2) is 71.4 Å². The van der Waals surface area contributed by atoms with Gasteiger partial charge in [-0.1, -0.05) is 152 Å². The molecule has 11 aromatic rings. The fraction of sp³-hybridized carbons (Fsp3) is 0.210. The molecule has 28 bridgehead atoms. The molecule has 0 saturated carbocycles. The van der Waals surface area contributed by atoms with Crippen molar-refractivity contribution in [2.75, 3.05) is 21.3 Å². The predicted octanol–water partition coefficient (Wildman–Crippen LogP) is 20.0. The first kappa shape index (κ1) is 77.7. The monoisotopic (exact) mass is 1530 g/mol. The number of carbonyl (C=O) groups excluding carboxylic acids is 8. The number of anilines is 4. The Morgan fingerprint density at radius 2 is 0.474 bits per heavy atom. The minimum Gasteiger partial charge on any atom is -0.340 e. The molecule has 6 aliphatic heterocycles. The highest BCUT2D eigenvalue weighted by Crippen LogP contribution is 2.43. The van der Waals surface area contributed by atoms with Crippen molar-refractivity contribution >= 4 is 86.7 Å². The van der Waals surface area contributed by atoms with Crippen molar-refractivity contribution < 1.29 is 38.4 Å². The van der Waals surface area contributed by atoms with Crippen LogP contribution in [0.15, 0.2) is 261 Å². The van der Waals surface area contributed by atoms with Crippen molar-refractivity contribution in [3.8, 4) is 77.9 Å². The van der Waals surface area contributed by atoms with Crippen LogP contribution in [0.5, 0.6) is 0 Å². The third-order valence-electron chi connectivity index (χ3n) is 21.5. The summed E-state index contributed by atoms with van der Waals surface area (Å²) in [6.45, 7) is 16.0. The molecule has 16 heteroatoms. The zero-order valence-corrected chi connectivity index (χ0v) is 66.2. The number of nitrogens with one attached hydrogen (secondary N) is 8. The lowest BCUT2D eigenvalue weighted by Gasteiger charge is -2.22. The second-order valence-corrected chi connectivity index (χ2v) is 32.5. The van der Waals surface area contributed by atoms with Gasteiger partial charge in [-0.15, -0.1) is 5.73 Å². The smallest absolute Gasteiger partial charge is 0.251 e. The standard InChI is InChI=1S/C100H92N8O8/c1-57(2)33-89-97(113)101-85-29-13-21-65(53-85)77-43-78-50-83(49-77)84-51-79-44-80(52-84)68-24-16-32-88(56-68)104-100(116)92(36-60(7)8)108-96(112)72-28-12-20-64(40-72)76-42-75(63-19-11-27-71(39-63)95(111)107-91(35-59(5)6)99(115)103-87-31-15-23-67(79)55-87)47-82(48-76)81-45-73(61-17-9-25-69(37-61)93(109)105-89)41-74(46-81)62-18-10-26-70(38-62)94(110)106-90(34-58(3)4)98(114)102-86-30-14-22-66(78)54-86/h9-32,37-41,43-47,49-60,89-92H,33-36,42H2,1-8H3,(H,101,113)(H,102,114)(H,103,115)(H,104,116)(H,105,109)(H,106,110)(H,107,111)(H,108,112). The van der Waals surface area contributed by atoms with Gasteiger partial charge in [0.2, 0.25) is 23.6 Å². The highest BCUT2D eigenvalue weighted by atomic mass is 16.2. The lowest BCUT2D eigenvalue weighted by atomic mass is 9.85.